The van der Waals surface area contributed by atoms with Crippen LogP contribution in [0.5, 0.6) is 0 Å². The van der Waals surface area contributed by atoms with Crippen molar-refractivity contribution in [3.63, 3.8) is 0 Å². The average molecular weight is 221 g/mol. The fraction of sp³-hybridized carbons (Fsp3) is 0.857. The Labute approximate surface area is 83.1 Å². The molecule has 0 aliphatic carbocycles. The Balaban J connectivity index is 2.21. The second-order valence-electron chi connectivity index (χ2n) is 3.40. The summed E-state index contributed by atoms with van der Waals surface area (Å²) < 4.78 is 22.1. The highest BCUT2D eigenvalue weighted by Gasteiger charge is 2.26. The van der Waals surface area contributed by atoms with E-state index in [4.69, 9.17) is 10.9 Å². The highest BCUT2D eigenvalue weighted by molar-refractivity contribution is 7.91. The third kappa shape index (κ3) is 3.51. The van der Waals surface area contributed by atoms with Gasteiger partial charge in [0.15, 0.2) is 9.84 Å². The van der Waals surface area contributed by atoms with E-state index in [1.165, 1.54) is 0 Å². The van der Waals surface area contributed by atoms with Crippen molar-refractivity contribution < 1.29 is 13.6 Å². The van der Waals surface area contributed by atoms with Crippen molar-refractivity contribution >= 4 is 15.7 Å². The normalized spacial score (nSPS) is 26.6. The largest absolute Gasteiger partial charge is 0.409 e. The monoisotopic (exact) mass is 221 g/mol. The molecule has 14 heavy (non-hydrogen) atoms. The highest BCUT2D eigenvalue weighted by Crippen LogP contribution is 2.10. The van der Waals surface area contributed by atoms with Crippen LogP contribution in [0.3, 0.4) is 0 Å². The van der Waals surface area contributed by atoms with Gasteiger partial charge in [-0.25, -0.2) is 8.42 Å². The van der Waals surface area contributed by atoms with Crippen molar-refractivity contribution in [2.24, 2.45) is 10.9 Å². The van der Waals surface area contributed by atoms with Gasteiger partial charge in [-0.15, -0.1) is 0 Å². The summed E-state index contributed by atoms with van der Waals surface area (Å²) in [4.78, 5) is 0. The number of hydrogen-bond acceptors (Lipinski definition) is 5. The molecule has 0 aromatic heterocycles. The highest BCUT2D eigenvalue weighted by atomic mass is 32.2. The minimum atomic E-state index is -2.83. The molecule has 1 aliphatic rings. The lowest BCUT2D eigenvalue weighted by Crippen LogP contribution is -2.32. The van der Waals surface area contributed by atoms with Crippen LogP contribution in [0.15, 0.2) is 5.16 Å². The molecule has 0 bridgehead atoms. The average Bonchev–Trinajstić information content (AvgIpc) is 2.45. The summed E-state index contributed by atoms with van der Waals surface area (Å²) in [5, 5.41) is 14.1. The van der Waals surface area contributed by atoms with Crippen molar-refractivity contribution in [2.75, 3.05) is 18.1 Å². The minimum absolute atomic E-state index is 0.0199. The number of sulfone groups is 1. The van der Waals surface area contributed by atoms with Gasteiger partial charge in [0.2, 0.25) is 0 Å². The van der Waals surface area contributed by atoms with Gasteiger partial charge >= 0.3 is 0 Å². The molecular weight excluding hydrogens is 206 g/mol. The summed E-state index contributed by atoms with van der Waals surface area (Å²) in [6.07, 6.45) is 1.07. The molecule has 1 aliphatic heterocycles. The van der Waals surface area contributed by atoms with E-state index in [0.29, 0.717) is 19.4 Å². The van der Waals surface area contributed by atoms with Crippen LogP contribution >= 0.6 is 0 Å². The first-order chi connectivity index (χ1) is 6.53. The maximum Gasteiger partial charge on any atom is 0.151 e. The van der Waals surface area contributed by atoms with Crippen molar-refractivity contribution in [3.8, 4) is 0 Å². The number of nitrogens with two attached hydrogens (primary N) is 1. The minimum Gasteiger partial charge on any atom is -0.409 e. The molecule has 1 atom stereocenters. The Morgan fingerprint density at radius 3 is 2.86 bits per heavy atom. The maximum absolute atomic E-state index is 11.1. The van der Waals surface area contributed by atoms with Gasteiger partial charge in [0.25, 0.3) is 0 Å². The summed E-state index contributed by atoms with van der Waals surface area (Å²) in [5.74, 6) is 0.607. The SMILES string of the molecule is NC(CCNC1CCS(=O)(=O)C1)=NO. The van der Waals surface area contributed by atoms with Gasteiger partial charge in [0.05, 0.1) is 11.5 Å². The third-order valence-electron chi connectivity index (χ3n) is 2.18. The van der Waals surface area contributed by atoms with Crippen LogP contribution < -0.4 is 11.1 Å². The summed E-state index contributed by atoms with van der Waals surface area (Å²) in [5.41, 5.74) is 5.25. The molecule has 6 nitrogen and oxygen atoms in total. The Morgan fingerprint density at radius 1 is 1.64 bits per heavy atom. The molecule has 4 N–H and O–H groups in total. The second-order valence-corrected chi connectivity index (χ2v) is 5.62. The standard InChI is InChI=1S/C7H15N3O3S/c8-7(10-11)1-3-9-6-2-4-14(12,13)5-6/h6,9,11H,1-5H2,(H2,8,10). The Morgan fingerprint density at radius 2 is 2.36 bits per heavy atom. The van der Waals surface area contributed by atoms with E-state index >= 15 is 0 Å². The Hall–Kier alpha value is -0.820. The van der Waals surface area contributed by atoms with Crippen molar-refractivity contribution in [1.29, 1.82) is 0 Å². The number of rotatable bonds is 4. The van der Waals surface area contributed by atoms with Crippen molar-refractivity contribution in [2.45, 2.75) is 18.9 Å². The third-order valence-corrected chi connectivity index (χ3v) is 3.94. The summed E-state index contributed by atoms with van der Waals surface area (Å²) in [7, 11) is -2.83. The quantitative estimate of drug-likeness (QED) is 0.242. The van der Waals surface area contributed by atoms with E-state index in [9.17, 15) is 8.42 Å². The zero-order valence-electron chi connectivity index (χ0n) is 7.81. The molecule has 1 heterocycles. The van der Waals surface area contributed by atoms with E-state index in [-0.39, 0.29) is 23.4 Å². The van der Waals surface area contributed by atoms with E-state index in [2.05, 4.69) is 10.5 Å². The number of amidine groups is 1. The molecule has 0 saturated carbocycles. The van der Waals surface area contributed by atoms with E-state index in [1.54, 1.807) is 0 Å². The number of hydrogen-bond donors (Lipinski definition) is 3. The molecule has 82 valence electrons. The predicted molar refractivity (Wildman–Crippen MR) is 53.1 cm³/mol. The van der Waals surface area contributed by atoms with Crippen LogP contribution in [0, 0.1) is 0 Å². The predicted octanol–water partition coefficient (Wildman–Crippen LogP) is -1.10. The molecular formula is C7H15N3O3S. The van der Waals surface area contributed by atoms with Crippen LogP contribution in [-0.4, -0.2) is 43.6 Å². The molecule has 0 radical (unpaired) electrons. The molecule has 1 unspecified atom stereocenters. The Bertz CT molecular complexity index is 312. The molecule has 1 fully saturated rings. The molecule has 1 rings (SSSR count). The van der Waals surface area contributed by atoms with E-state index < -0.39 is 9.84 Å². The van der Waals surface area contributed by atoms with Crippen LogP contribution in [0.25, 0.3) is 0 Å². The molecule has 0 aromatic carbocycles. The molecule has 1 saturated heterocycles. The zero-order valence-corrected chi connectivity index (χ0v) is 8.63. The molecule has 0 spiro atoms. The summed E-state index contributed by atoms with van der Waals surface area (Å²) in [6.45, 7) is 0.538. The van der Waals surface area contributed by atoms with E-state index in [1.807, 2.05) is 0 Å². The zero-order chi connectivity index (χ0) is 10.6. The fourth-order valence-corrected chi connectivity index (χ4v) is 3.12. The van der Waals surface area contributed by atoms with Gasteiger partial charge in [-0.05, 0) is 6.42 Å². The first-order valence-corrected chi connectivity index (χ1v) is 6.26. The number of nitrogens with one attached hydrogen (secondary N) is 1. The van der Waals surface area contributed by atoms with Crippen molar-refractivity contribution in [3.05, 3.63) is 0 Å². The van der Waals surface area contributed by atoms with Gasteiger partial charge in [0, 0.05) is 19.0 Å². The first-order valence-electron chi connectivity index (χ1n) is 4.44. The maximum atomic E-state index is 11.1. The van der Waals surface area contributed by atoms with Gasteiger partial charge in [-0.1, -0.05) is 5.16 Å². The second kappa shape index (κ2) is 4.61. The molecule has 0 aromatic rings. The van der Waals surface area contributed by atoms with Crippen molar-refractivity contribution in [1.82, 2.24) is 5.32 Å². The lowest BCUT2D eigenvalue weighted by atomic mass is 10.2. The topological polar surface area (TPSA) is 105 Å². The van der Waals surface area contributed by atoms with Gasteiger partial charge < -0.3 is 16.3 Å². The number of oxime groups is 1. The van der Waals surface area contributed by atoms with Gasteiger partial charge in [-0.3, -0.25) is 0 Å². The lowest BCUT2D eigenvalue weighted by Gasteiger charge is -2.09. The van der Waals surface area contributed by atoms with Gasteiger partial charge in [-0.2, -0.15) is 0 Å². The molecule has 7 heteroatoms. The van der Waals surface area contributed by atoms with Crippen LogP contribution in [0.2, 0.25) is 0 Å². The number of nitrogens with zero attached hydrogens (tertiary/aromatic N) is 1. The van der Waals surface area contributed by atoms with Crippen LogP contribution in [0.4, 0.5) is 0 Å². The smallest absolute Gasteiger partial charge is 0.151 e. The van der Waals surface area contributed by atoms with E-state index in [0.717, 1.165) is 0 Å². The van der Waals surface area contributed by atoms with Crippen LogP contribution in [-0.2, 0) is 9.84 Å². The summed E-state index contributed by atoms with van der Waals surface area (Å²) in [6, 6.07) is 0.0199. The first kappa shape index (κ1) is 11.3. The lowest BCUT2D eigenvalue weighted by molar-refractivity contribution is 0.316. The fourth-order valence-electron chi connectivity index (χ4n) is 1.41. The summed E-state index contributed by atoms with van der Waals surface area (Å²) >= 11 is 0. The Kier molecular flexibility index (Phi) is 3.70. The molecule has 0 amide bonds. The van der Waals surface area contributed by atoms with Gasteiger partial charge in [0.1, 0.15) is 5.84 Å². The van der Waals surface area contributed by atoms with Crippen LogP contribution in [0.1, 0.15) is 12.8 Å².